The molecule has 4 rings (SSSR count). The molecule has 11 heteroatoms. The highest BCUT2D eigenvalue weighted by atomic mass is 19.4. The fourth-order valence-corrected chi connectivity index (χ4v) is 4.66. The molecule has 1 aromatic heterocycles. The van der Waals surface area contributed by atoms with E-state index in [1.165, 1.54) is 4.68 Å². The summed E-state index contributed by atoms with van der Waals surface area (Å²) >= 11 is 0. The highest BCUT2D eigenvalue weighted by Crippen LogP contribution is 2.45. The Hall–Kier alpha value is -3.86. The first-order valence-electron chi connectivity index (χ1n) is 11.8. The van der Waals surface area contributed by atoms with Gasteiger partial charge in [0.25, 0.3) is 11.8 Å². The Balaban J connectivity index is 1.52. The van der Waals surface area contributed by atoms with Crippen LogP contribution in [-0.2, 0) is 6.54 Å². The molecule has 196 valence electrons. The van der Waals surface area contributed by atoms with Crippen LogP contribution in [0.3, 0.4) is 0 Å². The largest absolute Gasteiger partial charge is 0.417 e. The average Bonchev–Trinajstić information content (AvgIpc) is 3.20. The minimum absolute atomic E-state index is 0.0148. The van der Waals surface area contributed by atoms with Gasteiger partial charge < -0.3 is 21.9 Å². The highest BCUT2D eigenvalue weighted by Gasteiger charge is 2.55. The van der Waals surface area contributed by atoms with Gasteiger partial charge in [-0.3, -0.25) is 9.59 Å². The maximum Gasteiger partial charge on any atom is 0.417 e. The number of carbonyl (C=O) groups excluding carboxylic acids is 2. The lowest BCUT2D eigenvalue weighted by Gasteiger charge is -2.37. The van der Waals surface area contributed by atoms with Gasteiger partial charge in [-0.1, -0.05) is 42.5 Å². The summed E-state index contributed by atoms with van der Waals surface area (Å²) in [5, 5.41) is 17.3. The lowest BCUT2D eigenvalue weighted by molar-refractivity contribution is -0.271. The van der Waals surface area contributed by atoms with E-state index in [1.807, 2.05) is 19.1 Å². The SMILES string of the molecule is Cc1ccccc1C(=O)NCc1ccc(-c2nn(C3CCC(O)(C(F)(F)F)CC3)c(N)c2C(N)=O)cc1. The molecule has 37 heavy (non-hydrogen) atoms. The Morgan fingerprint density at radius 1 is 1.14 bits per heavy atom. The number of aliphatic hydroxyl groups is 1. The number of rotatable bonds is 6. The molecule has 2 amide bonds. The van der Waals surface area contributed by atoms with E-state index in [0.29, 0.717) is 11.1 Å². The van der Waals surface area contributed by atoms with E-state index in [0.717, 1.165) is 11.1 Å². The Bertz CT molecular complexity index is 1310. The summed E-state index contributed by atoms with van der Waals surface area (Å²) in [4.78, 5) is 24.7. The fourth-order valence-electron chi connectivity index (χ4n) is 4.66. The molecule has 0 aliphatic heterocycles. The second-order valence-electron chi connectivity index (χ2n) is 9.37. The normalized spacial score (nSPS) is 20.0. The molecule has 6 N–H and O–H groups in total. The number of nitrogens with one attached hydrogen (secondary N) is 1. The summed E-state index contributed by atoms with van der Waals surface area (Å²) in [7, 11) is 0. The third kappa shape index (κ3) is 5.17. The van der Waals surface area contributed by atoms with Crippen LogP contribution >= 0.6 is 0 Å². The van der Waals surface area contributed by atoms with Crippen LogP contribution in [0.4, 0.5) is 19.0 Å². The van der Waals surface area contributed by atoms with E-state index in [-0.39, 0.29) is 42.4 Å². The van der Waals surface area contributed by atoms with Crippen LogP contribution in [0, 0.1) is 6.92 Å². The monoisotopic (exact) mass is 515 g/mol. The summed E-state index contributed by atoms with van der Waals surface area (Å²) in [6.45, 7) is 2.13. The molecule has 1 heterocycles. The number of benzene rings is 2. The van der Waals surface area contributed by atoms with E-state index in [4.69, 9.17) is 11.5 Å². The van der Waals surface area contributed by atoms with Crippen molar-refractivity contribution in [2.24, 2.45) is 5.73 Å². The van der Waals surface area contributed by atoms with Gasteiger partial charge in [0.05, 0.1) is 6.04 Å². The zero-order valence-electron chi connectivity index (χ0n) is 20.2. The molecule has 3 aromatic rings. The van der Waals surface area contributed by atoms with Crippen molar-refractivity contribution < 1.29 is 27.9 Å². The van der Waals surface area contributed by atoms with Crippen molar-refractivity contribution in [1.82, 2.24) is 15.1 Å². The van der Waals surface area contributed by atoms with Gasteiger partial charge in [0.1, 0.15) is 17.1 Å². The number of primary amides is 1. The van der Waals surface area contributed by atoms with Gasteiger partial charge in [0, 0.05) is 17.7 Å². The number of alkyl halides is 3. The van der Waals surface area contributed by atoms with Crippen LogP contribution in [0.1, 0.15) is 63.6 Å². The Kier molecular flexibility index (Phi) is 7.00. The number of halogens is 3. The summed E-state index contributed by atoms with van der Waals surface area (Å²) in [5.74, 6) is -1.04. The van der Waals surface area contributed by atoms with Crippen molar-refractivity contribution in [3.63, 3.8) is 0 Å². The lowest BCUT2D eigenvalue weighted by Crippen LogP contribution is -2.48. The van der Waals surface area contributed by atoms with Crippen LogP contribution in [0.25, 0.3) is 11.3 Å². The summed E-state index contributed by atoms with van der Waals surface area (Å²) in [6.07, 6.45) is -5.74. The molecule has 2 aromatic carbocycles. The second-order valence-corrected chi connectivity index (χ2v) is 9.37. The Morgan fingerprint density at radius 3 is 2.32 bits per heavy atom. The van der Waals surface area contributed by atoms with Crippen molar-refractivity contribution in [2.45, 2.75) is 57.0 Å². The minimum atomic E-state index is -4.72. The van der Waals surface area contributed by atoms with Crippen molar-refractivity contribution in [1.29, 1.82) is 0 Å². The molecule has 0 unspecified atom stereocenters. The molecule has 1 aliphatic rings. The number of hydrogen-bond acceptors (Lipinski definition) is 5. The van der Waals surface area contributed by atoms with Crippen LogP contribution in [0.5, 0.6) is 0 Å². The van der Waals surface area contributed by atoms with E-state index in [9.17, 15) is 27.9 Å². The van der Waals surface area contributed by atoms with Gasteiger partial charge in [-0.2, -0.15) is 18.3 Å². The first-order chi connectivity index (χ1) is 17.4. The minimum Gasteiger partial charge on any atom is -0.383 e. The van der Waals surface area contributed by atoms with Gasteiger partial charge in [-0.25, -0.2) is 4.68 Å². The van der Waals surface area contributed by atoms with E-state index < -0.39 is 36.6 Å². The van der Waals surface area contributed by atoms with Gasteiger partial charge in [0.2, 0.25) is 0 Å². The second kappa shape index (κ2) is 9.89. The van der Waals surface area contributed by atoms with Crippen LogP contribution < -0.4 is 16.8 Å². The lowest BCUT2D eigenvalue weighted by atomic mass is 9.81. The number of nitrogens with zero attached hydrogens (tertiary/aromatic N) is 2. The maximum atomic E-state index is 13.2. The number of carbonyl (C=O) groups is 2. The maximum absolute atomic E-state index is 13.2. The summed E-state index contributed by atoms with van der Waals surface area (Å²) in [5.41, 5.74) is 12.0. The smallest absolute Gasteiger partial charge is 0.383 e. The summed E-state index contributed by atoms with van der Waals surface area (Å²) in [6, 6.07) is 13.7. The zero-order valence-corrected chi connectivity index (χ0v) is 20.2. The quantitative estimate of drug-likeness (QED) is 0.395. The van der Waals surface area contributed by atoms with Gasteiger partial charge in [-0.05, 0) is 49.8 Å². The van der Waals surface area contributed by atoms with Crippen LogP contribution in [0.15, 0.2) is 48.5 Å². The number of nitrogens with two attached hydrogens (primary N) is 2. The van der Waals surface area contributed by atoms with Gasteiger partial charge in [0.15, 0.2) is 5.60 Å². The van der Waals surface area contributed by atoms with Gasteiger partial charge >= 0.3 is 6.18 Å². The Labute approximate surface area is 211 Å². The molecule has 1 saturated carbocycles. The fraction of sp³-hybridized carbons (Fsp3) is 0.346. The summed E-state index contributed by atoms with van der Waals surface area (Å²) < 4.78 is 40.9. The van der Waals surface area contributed by atoms with E-state index in [1.54, 1.807) is 36.4 Å². The van der Waals surface area contributed by atoms with E-state index >= 15 is 0 Å². The molecule has 0 bridgehead atoms. The van der Waals surface area contributed by atoms with Crippen LogP contribution in [-0.4, -0.2) is 38.5 Å². The first-order valence-corrected chi connectivity index (χ1v) is 11.8. The van der Waals surface area contributed by atoms with Crippen LogP contribution in [0.2, 0.25) is 0 Å². The highest BCUT2D eigenvalue weighted by molar-refractivity contribution is 6.03. The number of aryl methyl sites for hydroxylation is 1. The molecule has 1 fully saturated rings. The molecule has 0 saturated heterocycles. The predicted octanol–water partition coefficient (Wildman–Crippen LogP) is 3.88. The average molecular weight is 516 g/mol. The third-order valence-electron chi connectivity index (χ3n) is 6.92. The predicted molar refractivity (Wildman–Crippen MR) is 131 cm³/mol. The number of aromatic nitrogens is 2. The molecule has 0 radical (unpaired) electrons. The van der Waals surface area contributed by atoms with Crippen molar-refractivity contribution >= 4 is 17.6 Å². The van der Waals surface area contributed by atoms with Crippen molar-refractivity contribution in [2.75, 3.05) is 5.73 Å². The molecule has 8 nitrogen and oxygen atoms in total. The first kappa shape index (κ1) is 26.2. The molecule has 0 atom stereocenters. The van der Waals surface area contributed by atoms with E-state index in [2.05, 4.69) is 10.4 Å². The topological polar surface area (TPSA) is 136 Å². The molecule has 0 spiro atoms. The van der Waals surface area contributed by atoms with Crippen molar-refractivity contribution in [3.8, 4) is 11.3 Å². The molecule has 1 aliphatic carbocycles. The number of nitrogen functional groups attached to an aromatic ring is 1. The molecular formula is C26H28F3N5O3. The van der Waals surface area contributed by atoms with Gasteiger partial charge in [-0.15, -0.1) is 0 Å². The standard InChI is InChI=1S/C26H28F3N5O3/c1-15-4-2-3-5-19(15)24(36)32-14-16-6-8-17(9-7-16)21-20(23(31)35)22(30)34(33-21)18-10-12-25(37,13-11-18)26(27,28)29/h2-9,18,37H,10-14,30H2,1H3,(H2,31,35)(H,32,36). The number of hydrogen-bond donors (Lipinski definition) is 4. The molecular weight excluding hydrogens is 487 g/mol. The number of amides is 2. The Morgan fingerprint density at radius 2 is 1.76 bits per heavy atom. The van der Waals surface area contributed by atoms with Crippen molar-refractivity contribution in [3.05, 3.63) is 70.8 Å². The zero-order chi connectivity index (χ0) is 27.0. The third-order valence-corrected chi connectivity index (χ3v) is 6.92. The number of anilines is 1.